The fourth-order valence-corrected chi connectivity index (χ4v) is 3.31. The molecule has 0 bridgehead atoms. The zero-order valence-corrected chi connectivity index (χ0v) is 16.5. The van der Waals surface area contributed by atoms with Crippen LogP contribution in [0.3, 0.4) is 0 Å². The zero-order valence-electron chi connectivity index (χ0n) is 16.5. The molecule has 6 N–H and O–H groups in total. The van der Waals surface area contributed by atoms with Gasteiger partial charge in [0.2, 0.25) is 0 Å². The van der Waals surface area contributed by atoms with Crippen molar-refractivity contribution < 1.29 is 44.5 Å². The van der Waals surface area contributed by atoms with Crippen molar-refractivity contribution in [1.82, 2.24) is 0 Å². The number of aromatic hydroxyl groups is 1. The number of phenolic OH excluding ortho intramolecular Hbond substituents is 1. The summed E-state index contributed by atoms with van der Waals surface area (Å²) in [6, 6.07) is 5.63. The third-order valence-corrected chi connectivity index (χ3v) is 5.30. The van der Waals surface area contributed by atoms with E-state index in [2.05, 4.69) is 0 Å². The number of ether oxygens (including phenoxy) is 2. The largest absolute Gasteiger partial charge is 0.508 e. The molecule has 0 spiro atoms. The van der Waals surface area contributed by atoms with E-state index in [1.807, 2.05) is 0 Å². The summed E-state index contributed by atoms with van der Waals surface area (Å²) in [6.45, 7) is 2.45. The van der Waals surface area contributed by atoms with Crippen molar-refractivity contribution in [1.29, 1.82) is 0 Å². The van der Waals surface area contributed by atoms with Crippen LogP contribution in [0.25, 0.3) is 11.0 Å². The highest BCUT2D eigenvalue weighted by molar-refractivity contribution is 5.79. The Balaban J connectivity index is 1.76. The lowest BCUT2D eigenvalue weighted by Gasteiger charge is -2.43. The Labute approximate surface area is 171 Å². The molecule has 10 heteroatoms. The molecule has 0 unspecified atom stereocenters. The maximum atomic E-state index is 11.3. The maximum absolute atomic E-state index is 11.3. The van der Waals surface area contributed by atoms with E-state index in [0.717, 1.165) is 0 Å². The topological polar surface area (TPSA) is 170 Å². The van der Waals surface area contributed by atoms with E-state index < -0.39 is 54.6 Å². The highest BCUT2D eigenvalue weighted by Gasteiger charge is 2.46. The molecule has 0 amide bonds. The first-order valence-electron chi connectivity index (χ1n) is 9.45. The van der Waals surface area contributed by atoms with Crippen LogP contribution < -0.4 is 5.63 Å². The van der Waals surface area contributed by atoms with Gasteiger partial charge in [0.25, 0.3) is 0 Å². The molecule has 1 fully saturated rings. The molecule has 1 aliphatic heterocycles. The van der Waals surface area contributed by atoms with Crippen molar-refractivity contribution >= 4 is 11.0 Å². The quantitative estimate of drug-likeness (QED) is 0.315. The number of hydrogen-bond acceptors (Lipinski definition) is 10. The van der Waals surface area contributed by atoms with E-state index in [1.54, 1.807) is 6.07 Å². The Kier molecular flexibility index (Phi) is 6.48. The second kappa shape index (κ2) is 8.60. The second-order valence-corrected chi connectivity index (χ2v) is 7.91. The Morgan fingerprint density at radius 1 is 1.13 bits per heavy atom. The van der Waals surface area contributed by atoms with Gasteiger partial charge >= 0.3 is 5.63 Å². The van der Waals surface area contributed by atoms with E-state index in [4.69, 9.17) is 13.9 Å². The minimum Gasteiger partial charge on any atom is -0.508 e. The lowest BCUT2D eigenvalue weighted by atomic mass is 9.93. The maximum Gasteiger partial charge on any atom is 0.336 e. The van der Waals surface area contributed by atoms with Crippen LogP contribution in [0.4, 0.5) is 0 Å². The predicted octanol–water partition coefficient (Wildman–Crippen LogP) is -1.00. The van der Waals surface area contributed by atoms with Gasteiger partial charge in [0, 0.05) is 23.9 Å². The number of hydrogen-bond donors (Lipinski definition) is 6. The number of benzene rings is 1. The molecule has 0 aliphatic carbocycles. The highest BCUT2D eigenvalue weighted by Crippen LogP contribution is 2.31. The van der Waals surface area contributed by atoms with Crippen LogP contribution in [0, 0.1) is 0 Å². The molecule has 10 nitrogen and oxygen atoms in total. The molecular formula is C20H26O10. The van der Waals surface area contributed by atoms with Crippen molar-refractivity contribution in [3.05, 3.63) is 40.2 Å². The summed E-state index contributed by atoms with van der Waals surface area (Å²) in [5.41, 5.74) is -1.30. The molecule has 1 aliphatic rings. The number of aliphatic hydroxyl groups is 5. The van der Waals surface area contributed by atoms with E-state index in [-0.39, 0.29) is 17.8 Å². The molecule has 166 valence electrons. The molecule has 1 aromatic heterocycles. The summed E-state index contributed by atoms with van der Waals surface area (Å²) in [4.78, 5) is 11.3. The summed E-state index contributed by atoms with van der Waals surface area (Å²) in [5, 5.41) is 60.7. The van der Waals surface area contributed by atoms with Gasteiger partial charge in [-0.3, -0.25) is 0 Å². The first kappa shape index (κ1) is 22.6. The van der Waals surface area contributed by atoms with Crippen LogP contribution in [-0.2, 0) is 15.9 Å². The minimum atomic E-state index is -1.61. The van der Waals surface area contributed by atoms with Crippen LogP contribution in [-0.4, -0.2) is 79.7 Å². The third-order valence-electron chi connectivity index (χ3n) is 5.30. The zero-order chi connectivity index (χ0) is 22.2. The molecule has 2 aromatic rings. The van der Waals surface area contributed by atoms with Crippen LogP contribution in [0.2, 0.25) is 0 Å². The van der Waals surface area contributed by atoms with Gasteiger partial charge in [-0.05, 0) is 31.5 Å². The summed E-state index contributed by atoms with van der Waals surface area (Å²) in [7, 11) is 0. The number of aliphatic hydroxyl groups excluding tert-OH is 5. The van der Waals surface area contributed by atoms with E-state index in [1.165, 1.54) is 32.0 Å². The average Bonchev–Trinajstić information content (AvgIpc) is 2.69. The van der Waals surface area contributed by atoms with Crippen LogP contribution in [0.5, 0.6) is 5.75 Å². The molecular weight excluding hydrogens is 400 g/mol. The Bertz CT molecular complexity index is 937. The van der Waals surface area contributed by atoms with Crippen LogP contribution >= 0.6 is 0 Å². The molecule has 1 aromatic carbocycles. The minimum absolute atomic E-state index is 0.0503. The first-order valence-corrected chi connectivity index (χ1v) is 9.45. The summed E-state index contributed by atoms with van der Waals surface area (Å²) < 4.78 is 16.0. The van der Waals surface area contributed by atoms with Gasteiger partial charge in [0.15, 0.2) is 6.29 Å². The lowest BCUT2D eigenvalue weighted by molar-refractivity contribution is -0.331. The third kappa shape index (κ3) is 4.49. The van der Waals surface area contributed by atoms with E-state index >= 15 is 0 Å². The van der Waals surface area contributed by atoms with Crippen LogP contribution in [0.1, 0.15) is 19.4 Å². The van der Waals surface area contributed by atoms with Crippen LogP contribution in [0.15, 0.2) is 33.5 Å². The van der Waals surface area contributed by atoms with Gasteiger partial charge in [-0.2, -0.15) is 0 Å². The fourth-order valence-electron chi connectivity index (χ4n) is 3.31. The molecule has 0 saturated carbocycles. The second-order valence-electron chi connectivity index (χ2n) is 7.91. The molecule has 2 heterocycles. The molecule has 30 heavy (non-hydrogen) atoms. The van der Waals surface area contributed by atoms with E-state index in [0.29, 0.717) is 10.9 Å². The smallest absolute Gasteiger partial charge is 0.336 e. The first-order chi connectivity index (χ1) is 14.0. The molecule has 6 atom stereocenters. The lowest BCUT2D eigenvalue weighted by Crippen LogP contribution is -2.61. The number of phenols is 1. The van der Waals surface area contributed by atoms with E-state index in [9.17, 15) is 35.4 Å². The summed E-state index contributed by atoms with van der Waals surface area (Å²) in [5.74, 6) is -0.181. The average molecular weight is 426 g/mol. The number of fused-ring (bicyclic) bond motifs is 1. The van der Waals surface area contributed by atoms with Gasteiger partial charge in [0.1, 0.15) is 35.7 Å². The summed E-state index contributed by atoms with van der Waals surface area (Å²) in [6.07, 6.45) is -8.52. The SMILES string of the molecule is CC(C)(O[C@@H]1O[C@H](CO)[C@@H](O)[C@H](O)[C@H]1O)[C@@H](O)Cc1cc2ccc(=O)oc2cc1O. The molecule has 0 radical (unpaired) electrons. The molecule has 3 rings (SSSR count). The molecule has 1 saturated heterocycles. The van der Waals surface area contributed by atoms with Crippen molar-refractivity contribution in [2.45, 2.75) is 62.7 Å². The Morgan fingerprint density at radius 2 is 1.83 bits per heavy atom. The fraction of sp³-hybridized carbons (Fsp3) is 0.550. The van der Waals surface area contributed by atoms with Crippen molar-refractivity contribution in [2.24, 2.45) is 0 Å². The monoisotopic (exact) mass is 426 g/mol. The standard InChI is InChI=1S/C20H26O10/c1-20(2,30-19-18(27)17(26)16(25)13(8-21)29-19)14(23)6-10-5-9-3-4-15(24)28-12(9)7-11(10)22/h3-5,7,13-14,16-19,21-23,25-27H,6,8H2,1-2H3/t13-,14+,16-,17+,18-,19+/m1/s1. The van der Waals surface area contributed by atoms with Crippen molar-refractivity contribution in [3.8, 4) is 5.75 Å². The number of rotatable bonds is 6. The summed E-state index contributed by atoms with van der Waals surface area (Å²) >= 11 is 0. The van der Waals surface area contributed by atoms with Gasteiger partial charge in [-0.15, -0.1) is 0 Å². The van der Waals surface area contributed by atoms with Gasteiger partial charge in [-0.1, -0.05) is 0 Å². The normalized spacial score (nSPS) is 28.6. The Hall–Kier alpha value is -2.05. The Morgan fingerprint density at radius 3 is 2.50 bits per heavy atom. The van der Waals surface area contributed by atoms with Gasteiger partial charge in [0.05, 0.1) is 18.3 Å². The highest BCUT2D eigenvalue weighted by atomic mass is 16.7. The predicted molar refractivity (Wildman–Crippen MR) is 103 cm³/mol. The van der Waals surface area contributed by atoms with Crippen molar-refractivity contribution in [2.75, 3.05) is 6.61 Å². The van der Waals surface area contributed by atoms with Gasteiger partial charge in [-0.25, -0.2) is 4.79 Å². The van der Waals surface area contributed by atoms with Crippen molar-refractivity contribution in [3.63, 3.8) is 0 Å². The van der Waals surface area contributed by atoms with Gasteiger partial charge < -0.3 is 44.5 Å².